The Hall–Kier alpha value is -2.78. The molecule has 0 radical (unpaired) electrons. The average molecular weight is 389 g/mol. The van der Waals surface area contributed by atoms with E-state index in [9.17, 15) is 19.2 Å². The number of hydrogen-bond donors (Lipinski definition) is 1. The van der Waals surface area contributed by atoms with Crippen LogP contribution in [0.1, 0.15) is 33.6 Å². The molecule has 3 rings (SSSR count). The van der Waals surface area contributed by atoms with Crippen molar-refractivity contribution in [3.8, 4) is 0 Å². The van der Waals surface area contributed by atoms with E-state index >= 15 is 0 Å². The number of rotatable bonds is 8. The summed E-state index contributed by atoms with van der Waals surface area (Å²) < 4.78 is 10.3. The van der Waals surface area contributed by atoms with Crippen LogP contribution in [0, 0.1) is 0 Å². The van der Waals surface area contributed by atoms with Crippen LogP contribution < -0.4 is 10.2 Å². The van der Waals surface area contributed by atoms with Gasteiger partial charge in [-0.15, -0.1) is 0 Å². The molecule has 0 saturated carbocycles. The molecule has 0 aliphatic carbocycles. The van der Waals surface area contributed by atoms with Crippen LogP contribution in [0.2, 0.25) is 0 Å². The Bertz CT molecular complexity index is 801. The van der Waals surface area contributed by atoms with E-state index in [2.05, 4.69) is 5.32 Å². The molecule has 4 amide bonds. The second-order valence-corrected chi connectivity index (χ2v) is 6.62. The number of anilines is 1. The molecule has 0 aromatic heterocycles. The minimum atomic E-state index is -0.982. The molecule has 1 aromatic rings. The lowest BCUT2D eigenvalue weighted by atomic mass is 10.0. The van der Waals surface area contributed by atoms with Gasteiger partial charge < -0.3 is 14.4 Å². The summed E-state index contributed by atoms with van der Waals surface area (Å²) in [6, 6.07) is 4.07. The molecule has 1 unspecified atom stereocenters. The van der Waals surface area contributed by atoms with E-state index in [1.54, 1.807) is 32.4 Å². The zero-order chi connectivity index (χ0) is 20.3. The first-order valence-electron chi connectivity index (χ1n) is 9.07. The number of nitrogens with one attached hydrogen (secondary N) is 1. The van der Waals surface area contributed by atoms with Gasteiger partial charge in [-0.2, -0.15) is 0 Å². The lowest BCUT2D eigenvalue weighted by molar-refractivity contribution is -0.136. The van der Waals surface area contributed by atoms with Gasteiger partial charge in [0.05, 0.1) is 30.0 Å². The predicted molar refractivity (Wildman–Crippen MR) is 99.1 cm³/mol. The number of carbonyl (C=O) groups excluding carboxylic acids is 4. The Morgan fingerprint density at radius 1 is 1.07 bits per heavy atom. The van der Waals surface area contributed by atoms with Gasteiger partial charge in [0, 0.05) is 33.7 Å². The predicted octanol–water partition coefficient (Wildman–Crippen LogP) is 0.187. The largest absolute Gasteiger partial charge is 0.383 e. The standard InChI is InChI=1S/C19H23N3O6/c1-27-10-8-21(9-11-28-2)13-5-3-4-12-16(13)19(26)22(18(12)25)14-6-7-15(23)20-17(14)24/h3-5,14H,6-11H2,1-2H3,(H,20,23,24). The molecule has 2 aliphatic heterocycles. The molecule has 1 saturated heterocycles. The fourth-order valence-corrected chi connectivity index (χ4v) is 3.52. The molecule has 0 bridgehead atoms. The summed E-state index contributed by atoms with van der Waals surface area (Å²) in [5.74, 6) is -2.06. The van der Waals surface area contributed by atoms with E-state index in [1.165, 1.54) is 0 Å². The number of methoxy groups -OCH3 is 2. The number of benzene rings is 1. The summed E-state index contributed by atoms with van der Waals surface area (Å²) in [6.07, 6.45) is 0.215. The maximum absolute atomic E-state index is 13.2. The number of carbonyl (C=O) groups is 4. The molecule has 1 atom stereocenters. The Morgan fingerprint density at radius 2 is 1.75 bits per heavy atom. The number of fused-ring (bicyclic) bond motifs is 1. The summed E-state index contributed by atoms with van der Waals surface area (Å²) in [6.45, 7) is 1.89. The zero-order valence-electron chi connectivity index (χ0n) is 15.9. The van der Waals surface area contributed by atoms with Crippen molar-refractivity contribution >= 4 is 29.3 Å². The molecule has 9 nitrogen and oxygen atoms in total. The first-order valence-corrected chi connectivity index (χ1v) is 9.07. The third kappa shape index (κ3) is 3.63. The number of hydrogen-bond acceptors (Lipinski definition) is 7. The highest BCUT2D eigenvalue weighted by Crippen LogP contribution is 2.34. The van der Waals surface area contributed by atoms with E-state index in [-0.39, 0.29) is 24.0 Å². The van der Waals surface area contributed by atoms with Gasteiger partial charge in [-0.05, 0) is 18.6 Å². The first kappa shape index (κ1) is 20.0. The van der Waals surface area contributed by atoms with E-state index in [4.69, 9.17) is 9.47 Å². The number of piperidine rings is 1. The molecule has 28 heavy (non-hydrogen) atoms. The van der Waals surface area contributed by atoms with Gasteiger partial charge in [-0.3, -0.25) is 29.4 Å². The minimum Gasteiger partial charge on any atom is -0.383 e. The van der Waals surface area contributed by atoms with Gasteiger partial charge in [-0.25, -0.2) is 0 Å². The van der Waals surface area contributed by atoms with Crippen LogP contribution >= 0.6 is 0 Å². The van der Waals surface area contributed by atoms with Crippen LogP contribution in [0.4, 0.5) is 5.69 Å². The number of amides is 4. The van der Waals surface area contributed by atoms with Crippen molar-refractivity contribution in [2.45, 2.75) is 18.9 Å². The SMILES string of the molecule is COCCN(CCOC)c1cccc2c1C(=O)N(C1CCC(=O)NC1=O)C2=O. The van der Waals surface area contributed by atoms with Gasteiger partial charge >= 0.3 is 0 Å². The fraction of sp³-hybridized carbons (Fsp3) is 0.474. The van der Waals surface area contributed by atoms with Crippen LogP contribution in [0.3, 0.4) is 0 Å². The number of imide groups is 2. The molecule has 9 heteroatoms. The van der Waals surface area contributed by atoms with Crippen molar-refractivity contribution < 1.29 is 28.7 Å². The average Bonchev–Trinajstić information content (AvgIpc) is 2.93. The molecular formula is C19H23N3O6. The van der Waals surface area contributed by atoms with Crippen LogP contribution in [-0.2, 0) is 19.1 Å². The molecule has 0 spiro atoms. The Labute approximate surface area is 162 Å². The van der Waals surface area contributed by atoms with Crippen molar-refractivity contribution in [1.29, 1.82) is 0 Å². The minimum absolute atomic E-state index is 0.0878. The van der Waals surface area contributed by atoms with Gasteiger partial charge in [-0.1, -0.05) is 6.07 Å². The molecule has 2 heterocycles. The number of ether oxygens (including phenoxy) is 2. The highest BCUT2D eigenvalue weighted by atomic mass is 16.5. The summed E-state index contributed by atoms with van der Waals surface area (Å²) in [5.41, 5.74) is 1.12. The maximum atomic E-state index is 13.2. The maximum Gasteiger partial charge on any atom is 0.264 e. The van der Waals surface area contributed by atoms with E-state index in [0.29, 0.717) is 32.0 Å². The van der Waals surface area contributed by atoms with Gasteiger partial charge in [0.25, 0.3) is 11.8 Å². The van der Waals surface area contributed by atoms with Gasteiger partial charge in [0.2, 0.25) is 11.8 Å². The first-order chi connectivity index (χ1) is 13.5. The molecular weight excluding hydrogens is 366 g/mol. The van der Waals surface area contributed by atoms with Crippen molar-refractivity contribution in [3.63, 3.8) is 0 Å². The Kier molecular flexibility index (Phi) is 6.05. The quantitative estimate of drug-likeness (QED) is 0.633. The third-order valence-electron chi connectivity index (χ3n) is 4.92. The summed E-state index contributed by atoms with van der Waals surface area (Å²) >= 11 is 0. The second kappa shape index (κ2) is 8.49. The Morgan fingerprint density at radius 3 is 2.36 bits per heavy atom. The van der Waals surface area contributed by atoms with Crippen molar-refractivity contribution in [2.75, 3.05) is 45.4 Å². The highest BCUT2D eigenvalue weighted by Gasteiger charge is 2.46. The zero-order valence-corrected chi connectivity index (χ0v) is 15.9. The topological polar surface area (TPSA) is 105 Å². The van der Waals surface area contributed by atoms with Gasteiger partial charge in [0.1, 0.15) is 6.04 Å². The molecule has 1 N–H and O–H groups in total. The van der Waals surface area contributed by atoms with Crippen LogP contribution in [0.5, 0.6) is 0 Å². The normalized spacial score (nSPS) is 19.1. The van der Waals surface area contributed by atoms with Crippen molar-refractivity contribution in [1.82, 2.24) is 10.2 Å². The number of nitrogens with zero attached hydrogens (tertiary/aromatic N) is 2. The monoisotopic (exact) mass is 389 g/mol. The van der Waals surface area contributed by atoms with E-state index in [1.807, 2.05) is 4.90 Å². The molecule has 1 fully saturated rings. The molecule has 1 aromatic carbocycles. The van der Waals surface area contributed by atoms with Crippen molar-refractivity contribution in [2.24, 2.45) is 0 Å². The summed E-state index contributed by atoms with van der Waals surface area (Å²) in [7, 11) is 3.17. The lowest BCUT2D eigenvalue weighted by Gasteiger charge is -2.28. The van der Waals surface area contributed by atoms with Gasteiger partial charge in [0.15, 0.2) is 0 Å². The van der Waals surface area contributed by atoms with Crippen LogP contribution in [-0.4, -0.2) is 75.1 Å². The second-order valence-electron chi connectivity index (χ2n) is 6.62. The third-order valence-corrected chi connectivity index (χ3v) is 4.92. The molecule has 2 aliphatic rings. The van der Waals surface area contributed by atoms with Crippen LogP contribution in [0.15, 0.2) is 18.2 Å². The summed E-state index contributed by atoms with van der Waals surface area (Å²) in [4.78, 5) is 52.6. The Balaban J connectivity index is 1.95. The van der Waals surface area contributed by atoms with Crippen molar-refractivity contribution in [3.05, 3.63) is 29.3 Å². The van der Waals surface area contributed by atoms with Crippen LogP contribution in [0.25, 0.3) is 0 Å². The highest BCUT2D eigenvalue weighted by molar-refractivity contribution is 6.25. The summed E-state index contributed by atoms with van der Waals surface area (Å²) in [5, 5.41) is 2.20. The smallest absolute Gasteiger partial charge is 0.264 e. The van der Waals surface area contributed by atoms with E-state index in [0.717, 1.165) is 4.90 Å². The fourth-order valence-electron chi connectivity index (χ4n) is 3.52. The molecule has 150 valence electrons. The van der Waals surface area contributed by atoms with E-state index < -0.39 is 29.7 Å². The lowest BCUT2D eigenvalue weighted by Crippen LogP contribution is -2.54.